The van der Waals surface area contributed by atoms with E-state index >= 15 is 4.39 Å². The molecule has 1 fully saturated rings. The Labute approximate surface area is 165 Å². The van der Waals surface area contributed by atoms with Gasteiger partial charge in [0.2, 0.25) is 0 Å². The number of benzene rings is 2. The van der Waals surface area contributed by atoms with Crippen LogP contribution in [0, 0.1) is 12.7 Å². The first-order valence-corrected chi connectivity index (χ1v) is 10.0. The number of halogens is 1. The minimum Gasteiger partial charge on any atom is -0.349 e. The number of fused-ring (bicyclic) bond motifs is 1. The molecule has 1 amide bonds. The normalized spacial score (nSPS) is 14.9. The summed E-state index contributed by atoms with van der Waals surface area (Å²) in [6, 6.07) is 13.2. The van der Waals surface area contributed by atoms with Crippen LogP contribution in [0.5, 0.6) is 0 Å². The average molecular weight is 376 g/mol. The molecule has 0 unspecified atom stereocenters. The van der Waals surface area contributed by atoms with Crippen molar-refractivity contribution in [2.24, 2.45) is 0 Å². The number of carbonyl (C=O) groups excluding carboxylic acids is 1. The van der Waals surface area contributed by atoms with Crippen molar-refractivity contribution >= 4 is 16.7 Å². The number of nitrogens with zero attached hydrogens (tertiary/aromatic N) is 1. The van der Waals surface area contributed by atoms with E-state index in [-0.39, 0.29) is 17.5 Å². The molecule has 1 heterocycles. The lowest BCUT2D eigenvalue weighted by Crippen LogP contribution is -2.36. The highest BCUT2D eigenvalue weighted by Gasteiger charge is 2.21. The Hall–Kier alpha value is -2.75. The van der Waals surface area contributed by atoms with E-state index < -0.39 is 5.82 Å². The number of rotatable bonds is 4. The van der Waals surface area contributed by atoms with Crippen LogP contribution in [-0.4, -0.2) is 16.9 Å². The first-order chi connectivity index (χ1) is 13.6. The maximum Gasteiger partial charge on any atom is 0.254 e. The molecule has 144 valence electrons. The van der Waals surface area contributed by atoms with Gasteiger partial charge < -0.3 is 5.32 Å². The standard InChI is InChI=1S/C24H25FN2O/c1-16-11-12-17(15-26-16)13-18-14-22(23(25)21-10-6-5-9-20(18)21)24(28)27-19-7-3-2-4-8-19/h5-6,9-12,14-15,19H,2-4,7-8,13H2,1H3,(H,27,28). The van der Waals surface area contributed by atoms with E-state index in [4.69, 9.17) is 0 Å². The summed E-state index contributed by atoms with van der Waals surface area (Å²) < 4.78 is 15.2. The summed E-state index contributed by atoms with van der Waals surface area (Å²) in [7, 11) is 0. The third-order valence-corrected chi connectivity index (χ3v) is 5.62. The van der Waals surface area contributed by atoms with E-state index in [1.54, 1.807) is 12.1 Å². The average Bonchev–Trinajstić information content (AvgIpc) is 2.72. The van der Waals surface area contributed by atoms with Gasteiger partial charge in [-0.15, -0.1) is 0 Å². The molecule has 4 heteroatoms. The molecule has 1 aliphatic carbocycles. The second kappa shape index (κ2) is 8.09. The van der Waals surface area contributed by atoms with Crippen molar-refractivity contribution in [3.8, 4) is 0 Å². The lowest BCUT2D eigenvalue weighted by atomic mass is 9.93. The third-order valence-electron chi connectivity index (χ3n) is 5.62. The van der Waals surface area contributed by atoms with Gasteiger partial charge in [-0.3, -0.25) is 9.78 Å². The molecule has 1 aromatic heterocycles. The van der Waals surface area contributed by atoms with Crippen LogP contribution in [0.25, 0.3) is 10.8 Å². The van der Waals surface area contributed by atoms with Crippen molar-refractivity contribution in [1.82, 2.24) is 10.3 Å². The second-order valence-electron chi connectivity index (χ2n) is 7.74. The number of carbonyl (C=O) groups is 1. The van der Waals surface area contributed by atoms with E-state index in [0.29, 0.717) is 11.8 Å². The molecule has 3 aromatic rings. The summed E-state index contributed by atoms with van der Waals surface area (Å²) in [6.07, 6.45) is 7.86. The minimum absolute atomic E-state index is 0.138. The summed E-state index contributed by atoms with van der Waals surface area (Å²) in [6.45, 7) is 1.95. The molecule has 0 aliphatic heterocycles. The van der Waals surface area contributed by atoms with E-state index in [9.17, 15) is 4.79 Å². The van der Waals surface area contributed by atoms with Crippen molar-refractivity contribution in [3.05, 3.63) is 76.9 Å². The Morgan fingerprint density at radius 2 is 1.86 bits per heavy atom. The number of nitrogens with one attached hydrogen (secondary N) is 1. The van der Waals surface area contributed by atoms with Gasteiger partial charge in [0.05, 0.1) is 5.56 Å². The number of hydrogen-bond donors (Lipinski definition) is 1. The van der Waals surface area contributed by atoms with E-state index in [2.05, 4.69) is 10.3 Å². The summed E-state index contributed by atoms with van der Waals surface area (Å²) in [4.78, 5) is 17.2. The zero-order valence-electron chi connectivity index (χ0n) is 16.2. The Kier molecular flexibility index (Phi) is 5.38. The van der Waals surface area contributed by atoms with Gasteiger partial charge in [0.25, 0.3) is 5.91 Å². The van der Waals surface area contributed by atoms with Crippen LogP contribution in [0.15, 0.2) is 48.7 Å². The number of amides is 1. The Bertz CT molecular complexity index is 991. The van der Waals surface area contributed by atoms with Gasteiger partial charge in [0.15, 0.2) is 0 Å². The molecule has 28 heavy (non-hydrogen) atoms. The number of aromatic nitrogens is 1. The molecule has 4 rings (SSSR count). The van der Waals surface area contributed by atoms with Crippen LogP contribution in [0.2, 0.25) is 0 Å². The SMILES string of the molecule is Cc1ccc(Cc2cc(C(=O)NC3CCCCC3)c(F)c3ccccc23)cn1. The van der Waals surface area contributed by atoms with Gasteiger partial charge in [-0.05, 0) is 54.8 Å². The zero-order chi connectivity index (χ0) is 19.5. The van der Waals surface area contributed by atoms with E-state index in [0.717, 1.165) is 47.9 Å². The summed E-state index contributed by atoms with van der Waals surface area (Å²) in [5, 5.41) is 4.38. The van der Waals surface area contributed by atoms with Crippen LogP contribution in [0.1, 0.15) is 59.3 Å². The molecule has 0 bridgehead atoms. The molecular formula is C24H25FN2O. The summed E-state index contributed by atoms with van der Waals surface area (Å²) in [5.74, 6) is -0.742. The van der Waals surface area contributed by atoms with Crippen molar-refractivity contribution in [3.63, 3.8) is 0 Å². The molecule has 1 N–H and O–H groups in total. The quantitative estimate of drug-likeness (QED) is 0.668. The van der Waals surface area contributed by atoms with Crippen molar-refractivity contribution < 1.29 is 9.18 Å². The van der Waals surface area contributed by atoms with Crippen LogP contribution in [-0.2, 0) is 6.42 Å². The van der Waals surface area contributed by atoms with Gasteiger partial charge in [-0.2, -0.15) is 0 Å². The lowest BCUT2D eigenvalue weighted by molar-refractivity contribution is 0.0924. The smallest absolute Gasteiger partial charge is 0.254 e. The fourth-order valence-electron chi connectivity index (χ4n) is 4.06. The monoisotopic (exact) mass is 376 g/mol. The van der Waals surface area contributed by atoms with Gasteiger partial charge in [-0.1, -0.05) is 49.6 Å². The van der Waals surface area contributed by atoms with Crippen molar-refractivity contribution in [2.75, 3.05) is 0 Å². The largest absolute Gasteiger partial charge is 0.349 e. The third kappa shape index (κ3) is 3.91. The van der Waals surface area contributed by atoms with Crippen molar-refractivity contribution in [2.45, 2.75) is 51.5 Å². The highest BCUT2D eigenvalue weighted by molar-refractivity contribution is 6.00. The molecular weight excluding hydrogens is 351 g/mol. The number of hydrogen-bond acceptors (Lipinski definition) is 2. The highest BCUT2D eigenvalue weighted by Crippen LogP contribution is 2.28. The zero-order valence-corrected chi connectivity index (χ0v) is 16.2. The fourth-order valence-corrected chi connectivity index (χ4v) is 4.06. The molecule has 0 radical (unpaired) electrons. The summed E-state index contributed by atoms with van der Waals surface area (Å²) in [5.41, 5.74) is 3.08. The van der Waals surface area contributed by atoms with E-state index in [1.807, 2.05) is 43.5 Å². The molecule has 0 saturated heterocycles. The molecule has 1 aliphatic rings. The highest BCUT2D eigenvalue weighted by atomic mass is 19.1. The first-order valence-electron chi connectivity index (χ1n) is 10.0. The second-order valence-corrected chi connectivity index (χ2v) is 7.74. The number of pyridine rings is 1. The predicted octanol–water partition coefficient (Wildman–Crippen LogP) is 5.34. The topological polar surface area (TPSA) is 42.0 Å². The van der Waals surface area contributed by atoms with Crippen LogP contribution < -0.4 is 5.32 Å². The number of aryl methyl sites for hydroxylation is 1. The van der Waals surface area contributed by atoms with Crippen molar-refractivity contribution in [1.29, 1.82) is 0 Å². The maximum atomic E-state index is 15.2. The Morgan fingerprint density at radius 1 is 1.11 bits per heavy atom. The van der Waals surface area contributed by atoms with Gasteiger partial charge in [0.1, 0.15) is 5.82 Å². The fraction of sp³-hybridized carbons (Fsp3) is 0.333. The predicted molar refractivity (Wildman–Crippen MR) is 110 cm³/mol. The molecule has 2 aromatic carbocycles. The lowest BCUT2D eigenvalue weighted by Gasteiger charge is -2.23. The maximum absolute atomic E-state index is 15.2. The first kappa shape index (κ1) is 18.6. The van der Waals surface area contributed by atoms with Crippen LogP contribution in [0.4, 0.5) is 4.39 Å². The van der Waals surface area contributed by atoms with Gasteiger partial charge >= 0.3 is 0 Å². The molecule has 0 spiro atoms. The minimum atomic E-state index is -0.435. The Balaban J connectivity index is 1.71. The van der Waals surface area contributed by atoms with Gasteiger partial charge in [-0.25, -0.2) is 4.39 Å². The molecule has 3 nitrogen and oxygen atoms in total. The van der Waals surface area contributed by atoms with Crippen LogP contribution >= 0.6 is 0 Å². The Morgan fingerprint density at radius 3 is 2.57 bits per heavy atom. The van der Waals surface area contributed by atoms with Crippen LogP contribution in [0.3, 0.4) is 0 Å². The van der Waals surface area contributed by atoms with Gasteiger partial charge in [0, 0.05) is 23.3 Å². The molecule has 0 atom stereocenters. The summed E-state index contributed by atoms with van der Waals surface area (Å²) >= 11 is 0. The van der Waals surface area contributed by atoms with E-state index in [1.165, 1.54) is 6.42 Å². The molecule has 1 saturated carbocycles.